The Morgan fingerprint density at radius 1 is 1.00 bits per heavy atom. The minimum Gasteiger partial charge on any atom is -0.497 e. The number of hydrogen-bond donors (Lipinski definition) is 1. The Morgan fingerprint density at radius 3 is 2.53 bits per heavy atom. The summed E-state index contributed by atoms with van der Waals surface area (Å²) in [5, 5.41) is 10.2. The molecular weight excluding hydrogens is 452 g/mol. The number of ketones is 1. The molecule has 0 spiro atoms. The Morgan fingerprint density at radius 2 is 1.76 bits per heavy atom. The average molecular weight is 473 g/mol. The third-order valence-electron chi connectivity index (χ3n) is 5.82. The van der Waals surface area contributed by atoms with Crippen LogP contribution in [0, 0.1) is 0 Å². The summed E-state index contributed by atoms with van der Waals surface area (Å²) < 4.78 is 19.2. The molecule has 8 heteroatoms. The first-order valence-corrected chi connectivity index (χ1v) is 11.4. The predicted octanol–water partition coefficient (Wildman–Crippen LogP) is 4.60. The Hall–Kier alpha value is -4.04. The van der Waals surface area contributed by atoms with Crippen LogP contribution in [0.15, 0.2) is 66.2 Å². The molecule has 1 aliphatic heterocycles. The zero-order chi connectivity index (χ0) is 23.7. The third kappa shape index (κ3) is 4.15. The molecule has 4 aromatic rings. The fourth-order valence-corrected chi connectivity index (χ4v) is 4.63. The number of carboxylic acid groups (broad SMARTS) is 1. The first-order valence-electron chi connectivity index (χ1n) is 10.7. The molecule has 0 aliphatic carbocycles. The highest BCUT2D eigenvalue weighted by atomic mass is 32.1. The van der Waals surface area contributed by atoms with Crippen LogP contribution in [0.1, 0.15) is 27.0 Å². The number of hydrogen-bond acceptors (Lipinski definition) is 7. The van der Waals surface area contributed by atoms with Gasteiger partial charge in [-0.15, -0.1) is 0 Å². The van der Waals surface area contributed by atoms with E-state index in [-0.39, 0.29) is 23.4 Å². The van der Waals surface area contributed by atoms with Gasteiger partial charge in [0.1, 0.15) is 22.5 Å². The molecule has 7 nitrogen and oxygen atoms in total. The summed E-state index contributed by atoms with van der Waals surface area (Å²) in [6.45, 7) is 0.619. The van der Waals surface area contributed by atoms with Gasteiger partial charge in [0, 0.05) is 24.0 Å². The fraction of sp³-hybridized carbons (Fsp3) is 0.154. The molecule has 1 aliphatic rings. The second kappa shape index (κ2) is 9.07. The largest absolute Gasteiger partial charge is 0.497 e. The maximum absolute atomic E-state index is 13.7. The van der Waals surface area contributed by atoms with E-state index in [0.29, 0.717) is 34.5 Å². The number of benzene rings is 3. The quantitative estimate of drug-likeness (QED) is 0.310. The molecule has 0 radical (unpaired) electrons. The number of nitrogens with zero attached hydrogens (tertiary/aromatic N) is 2. The number of allylic oxidation sites excluding steroid dienone is 1. The molecule has 0 bridgehead atoms. The van der Waals surface area contributed by atoms with Crippen LogP contribution in [0.5, 0.6) is 11.5 Å². The smallest absolute Gasteiger partial charge is 0.336 e. The van der Waals surface area contributed by atoms with Crippen molar-refractivity contribution >= 4 is 40.1 Å². The zero-order valence-corrected chi connectivity index (χ0v) is 19.1. The van der Waals surface area contributed by atoms with Gasteiger partial charge in [0.25, 0.3) is 0 Å². The van der Waals surface area contributed by atoms with E-state index in [4.69, 9.17) is 9.47 Å². The Balaban J connectivity index is 1.65. The number of rotatable bonds is 7. The topological polar surface area (TPSA) is 98.6 Å². The second-order valence-electron chi connectivity index (χ2n) is 7.90. The molecular formula is C26H20N2O5S. The highest BCUT2D eigenvalue weighted by Crippen LogP contribution is 2.31. The van der Waals surface area contributed by atoms with Crippen LogP contribution in [0.25, 0.3) is 16.6 Å². The number of fused-ring (bicyclic) bond motifs is 2. The van der Waals surface area contributed by atoms with E-state index in [9.17, 15) is 14.7 Å². The number of methoxy groups -OCH3 is 1. The minimum atomic E-state index is -1.18. The number of carbonyl (C=O) groups excluding carboxylic acids is 1. The summed E-state index contributed by atoms with van der Waals surface area (Å²) in [6, 6.07) is 17.5. The maximum atomic E-state index is 13.7. The minimum absolute atomic E-state index is 0.0486. The first kappa shape index (κ1) is 21.8. The number of ether oxygens (including phenoxy) is 2. The molecule has 0 atom stereocenters. The van der Waals surface area contributed by atoms with Crippen molar-refractivity contribution in [3.05, 3.63) is 88.5 Å². The van der Waals surface area contributed by atoms with Crippen molar-refractivity contribution in [2.24, 2.45) is 0 Å². The van der Waals surface area contributed by atoms with Gasteiger partial charge in [0.05, 0.1) is 31.0 Å². The lowest BCUT2D eigenvalue weighted by atomic mass is 9.89. The Labute approximate surface area is 199 Å². The highest BCUT2D eigenvalue weighted by molar-refractivity contribution is 7.00. The van der Waals surface area contributed by atoms with Gasteiger partial charge in [0.2, 0.25) is 0 Å². The monoisotopic (exact) mass is 472 g/mol. The second-order valence-corrected chi connectivity index (χ2v) is 8.43. The number of Topliss-reactive ketones (excluding diaryl/α,β-unsaturated/α-hetero) is 1. The maximum Gasteiger partial charge on any atom is 0.336 e. The molecule has 0 unspecified atom stereocenters. The molecule has 0 saturated carbocycles. The Bertz CT molecular complexity index is 1440. The SMILES string of the molecule is COc1ccc(C(=O)/C(Cc2ccc3c(c2)CCO3)=C(\C(=O)O)c2ccc3nsnc3c2)cc1. The van der Waals surface area contributed by atoms with E-state index >= 15 is 0 Å². The van der Waals surface area contributed by atoms with Gasteiger partial charge in [0.15, 0.2) is 5.78 Å². The number of aromatic nitrogens is 2. The molecule has 1 N–H and O–H groups in total. The zero-order valence-electron chi connectivity index (χ0n) is 18.3. The van der Waals surface area contributed by atoms with Gasteiger partial charge in [-0.25, -0.2) is 4.79 Å². The van der Waals surface area contributed by atoms with Crippen molar-refractivity contribution in [1.29, 1.82) is 0 Å². The van der Waals surface area contributed by atoms with E-state index in [2.05, 4.69) is 8.75 Å². The van der Waals surface area contributed by atoms with Gasteiger partial charge < -0.3 is 14.6 Å². The van der Waals surface area contributed by atoms with Crippen molar-refractivity contribution in [3.63, 3.8) is 0 Å². The van der Waals surface area contributed by atoms with Crippen LogP contribution < -0.4 is 9.47 Å². The number of aliphatic carboxylic acids is 1. The lowest BCUT2D eigenvalue weighted by Crippen LogP contribution is -2.14. The third-order valence-corrected chi connectivity index (χ3v) is 6.38. The van der Waals surface area contributed by atoms with Crippen molar-refractivity contribution in [2.45, 2.75) is 12.8 Å². The van der Waals surface area contributed by atoms with E-state index in [0.717, 1.165) is 35.0 Å². The lowest BCUT2D eigenvalue weighted by molar-refractivity contribution is -0.130. The van der Waals surface area contributed by atoms with Crippen molar-refractivity contribution in [3.8, 4) is 11.5 Å². The van der Waals surface area contributed by atoms with Crippen LogP contribution in [-0.4, -0.2) is 39.3 Å². The van der Waals surface area contributed by atoms with Gasteiger partial charge >= 0.3 is 5.97 Å². The summed E-state index contributed by atoms with van der Waals surface area (Å²) in [4.78, 5) is 26.2. The van der Waals surface area contributed by atoms with Crippen LogP contribution in [0.3, 0.4) is 0 Å². The van der Waals surface area contributed by atoms with Crippen molar-refractivity contribution in [2.75, 3.05) is 13.7 Å². The molecule has 0 amide bonds. The number of carbonyl (C=O) groups is 2. The highest BCUT2D eigenvalue weighted by Gasteiger charge is 2.25. The van der Waals surface area contributed by atoms with Gasteiger partial charge in [-0.05, 0) is 59.2 Å². The van der Waals surface area contributed by atoms with Gasteiger partial charge in [-0.1, -0.05) is 18.2 Å². The van der Waals surface area contributed by atoms with E-state index < -0.39 is 5.97 Å². The van der Waals surface area contributed by atoms with E-state index in [1.165, 1.54) is 0 Å². The summed E-state index contributed by atoms with van der Waals surface area (Å²) >= 11 is 1.06. The summed E-state index contributed by atoms with van der Waals surface area (Å²) in [7, 11) is 1.55. The normalized spacial score (nSPS) is 13.2. The van der Waals surface area contributed by atoms with Crippen LogP contribution in [0.4, 0.5) is 0 Å². The Kier molecular flexibility index (Phi) is 5.81. The average Bonchev–Trinajstić information content (AvgIpc) is 3.51. The van der Waals surface area contributed by atoms with E-state index in [1.807, 2.05) is 18.2 Å². The lowest BCUT2D eigenvalue weighted by Gasteiger charge is -2.14. The number of carboxylic acids is 1. The molecule has 0 fully saturated rings. The van der Waals surface area contributed by atoms with Crippen molar-refractivity contribution < 1.29 is 24.2 Å². The van der Waals surface area contributed by atoms with Gasteiger partial charge in [-0.2, -0.15) is 8.75 Å². The summed E-state index contributed by atoms with van der Waals surface area (Å²) in [5.41, 5.74) is 4.11. The van der Waals surface area contributed by atoms with Gasteiger partial charge in [-0.3, -0.25) is 4.79 Å². The standard InChI is InChI=1S/C26H20N2O5S/c1-32-19-6-3-16(4-7-19)25(29)20(13-15-2-9-23-17(12-15)10-11-33-23)24(26(30)31)18-5-8-21-22(14-18)28-34-27-21/h2-9,12,14H,10-11,13H2,1H3,(H,30,31)/b24-20-. The van der Waals surface area contributed by atoms with Crippen molar-refractivity contribution in [1.82, 2.24) is 8.75 Å². The molecule has 0 saturated heterocycles. The van der Waals surface area contributed by atoms with E-state index in [1.54, 1.807) is 49.6 Å². The molecule has 3 aromatic carbocycles. The molecule has 5 rings (SSSR count). The molecule has 34 heavy (non-hydrogen) atoms. The molecule has 1 aromatic heterocycles. The molecule has 170 valence electrons. The molecule has 2 heterocycles. The summed E-state index contributed by atoms with van der Waals surface area (Å²) in [6.07, 6.45) is 0.945. The summed E-state index contributed by atoms with van der Waals surface area (Å²) in [5.74, 6) is -0.0893. The first-order chi connectivity index (χ1) is 16.5. The van der Waals surface area contributed by atoms with Crippen LogP contribution in [0.2, 0.25) is 0 Å². The fourth-order valence-electron chi connectivity index (χ4n) is 4.12. The van der Waals surface area contributed by atoms with Crippen LogP contribution >= 0.6 is 11.7 Å². The van der Waals surface area contributed by atoms with Crippen LogP contribution in [-0.2, 0) is 17.6 Å². The predicted molar refractivity (Wildman–Crippen MR) is 129 cm³/mol.